The van der Waals surface area contributed by atoms with Gasteiger partial charge in [0.2, 0.25) is 0 Å². The number of imidazole rings is 1. The first-order valence-electron chi connectivity index (χ1n) is 8.74. The summed E-state index contributed by atoms with van der Waals surface area (Å²) in [6.07, 6.45) is 3.24. The highest BCUT2D eigenvalue weighted by atomic mass is 32.2. The standard InChI is InChI=1S/C19H17N5O4S2/c1-12-16(24-10-3-4-15(28-2)17(24)21-12)18(25)22-13-5-7-14(8-6-13)30(26,27)23-19-20-9-11-29-19/h3-11H,1-2H3,(H,20,23)(H,22,25). The predicted molar refractivity (Wildman–Crippen MR) is 114 cm³/mol. The Balaban J connectivity index is 1.56. The van der Waals surface area contributed by atoms with E-state index < -0.39 is 10.0 Å². The van der Waals surface area contributed by atoms with Gasteiger partial charge in [0.15, 0.2) is 16.5 Å². The molecule has 4 rings (SSSR count). The van der Waals surface area contributed by atoms with E-state index >= 15 is 0 Å². The van der Waals surface area contributed by atoms with Crippen molar-refractivity contribution in [2.45, 2.75) is 11.8 Å². The predicted octanol–water partition coefficient (Wildman–Crippen LogP) is 3.16. The summed E-state index contributed by atoms with van der Waals surface area (Å²) in [4.78, 5) is 21.2. The number of fused-ring (bicyclic) bond motifs is 1. The van der Waals surface area contributed by atoms with Gasteiger partial charge in [0, 0.05) is 23.5 Å². The fourth-order valence-electron chi connectivity index (χ4n) is 2.94. The number of aryl methyl sites for hydroxylation is 1. The van der Waals surface area contributed by atoms with Crippen LogP contribution in [0.1, 0.15) is 16.2 Å². The third-order valence-electron chi connectivity index (χ3n) is 4.30. The summed E-state index contributed by atoms with van der Waals surface area (Å²) >= 11 is 1.18. The van der Waals surface area contributed by atoms with Gasteiger partial charge in [-0.15, -0.1) is 11.3 Å². The summed E-state index contributed by atoms with van der Waals surface area (Å²) in [5.41, 5.74) is 1.90. The SMILES string of the molecule is COc1cccn2c(C(=O)Nc3ccc(S(=O)(=O)Nc4nccs4)cc3)c(C)nc12. The quantitative estimate of drug-likeness (QED) is 0.473. The molecule has 2 N–H and O–H groups in total. The van der Waals surface area contributed by atoms with Crippen molar-refractivity contribution >= 4 is 43.7 Å². The van der Waals surface area contributed by atoms with Gasteiger partial charge in [0.25, 0.3) is 15.9 Å². The van der Waals surface area contributed by atoms with E-state index in [-0.39, 0.29) is 15.9 Å². The minimum Gasteiger partial charge on any atom is -0.493 e. The van der Waals surface area contributed by atoms with Crippen LogP contribution in [0.4, 0.5) is 10.8 Å². The highest BCUT2D eigenvalue weighted by Crippen LogP contribution is 2.23. The van der Waals surface area contributed by atoms with Crippen LogP contribution in [-0.2, 0) is 10.0 Å². The number of nitrogens with zero attached hydrogens (tertiary/aromatic N) is 3. The number of rotatable bonds is 6. The Morgan fingerprint density at radius 1 is 1.20 bits per heavy atom. The van der Waals surface area contributed by atoms with Crippen molar-refractivity contribution in [3.05, 3.63) is 65.6 Å². The Morgan fingerprint density at radius 3 is 2.63 bits per heavy atom. The lowest BCUT2D eigenvalue weighted by atomic mass is 10.3. The molecule has 154 valence electrons. The monoisotopic (exact) mass is 443 g/mol. The maximum absolute atomic E-state index is 12.9. The molecule has 0 fully saturated rings. The van der Waals surface area contributed by atoms with Crippen LogP contribution in [0.15, 0.2) is 59.1 Å². The molecular weight excluding hydrogens is 426 g/mol. The van der Waals surface area contributed by atoms with E-state index in [0.717, 1.165) is 0 Å². The molecule has 4 aromatic rings. The van der Waals surface area contributed by atoms with Crippen LogP contribution in [0.25, 0.3) is 5.65 Å². The molecule has 1 aromatic carbocycles. The number of aromatic nitrogens is 3. The molecule has 30 heavy (non-hydrogen) atoms. The van der Waals surface area contributed by atoms with Crippen LogP contribution in [0.2, 0.25) is 0 Å². The average Bonchev–Trinajstić information content (AvgIpc) is 3.34. The molecule has 0 bridgehead atoms. The number of hydrogen-bond donors (Lipinski definition) is 2. The molecule has 0 aliphatic heterocycles. The number of sulfonamides is 1. The van der Waals surface area contributed by atoms with Gasteiger partial charge < -0.3 is 10.1 Å². The van der Waals surface area contributed by atoms with Crippen molar-refractivity contribution < 1.29 is 17.9 Å². The van der Waals surface area contributed by atoms with Gasteiger partial charge in [0.05, 0.1) is 17.7 Å². The summed E-state index contributed by atoms with van der Waals surface area (Å²) in [6, 6.07) is 9.40. The largest absolute Gasteiger partial charge is 0.493 e. The normalized spacial score (nSPS) is 11.4. The first-order valence-corrected chi connectivity index (χ1v) is 11.1. The Hall–Kier alpha value is -3.44. The molecule has 1 amide bonds. The van der Waals surface area contributed by atoms with E-state index in [4.69, 9.17) is 4.74 Å². The average molecular weight is 444 g/mol. The lowest BCUT2D eigenvalue weighted by molar-refractivity contribution is 0.102. The van der Waals surface area contributed by atoms with Crippen LogP contribution in [-0.4, -0.2) is 35.8 Å². The molecule has 0 aliphatic rings. The number of amides is 1. The van der Waals surface area contributed by atoms with E-state index in [1.54, 1.807) is 35.0 Å². The number of nitrogens with one attached hydrogen (secondary N) is 2. The van der Waals surface area contributed by atoms with Gasteiger partial charge in [-0.3, -0.25) is 13.9 Å². The summed E-state index contributed by atoms with van der Waals surface area (Å²) in [6.45, 7) is 1.74. The fourth-order valence-corrected chi connectivity index (χ4v) is 4.73. The van der Waals surface area contributed by atoms with Crippen molar-refractivity contribution in [3.63, 3.8) is 0 Å². The highest BCUT2D eigenvalue weighted by molar-refractivity contribution is 7.93. The number of carbonyl (C=O) groups is 1. The molecule has 3 aromatic heterocycles. The van der Waals surface area contributed by atoms with Gasteiger partial charge in [-0.2, -0.15) is 0 Å². The van der Waals surface area contributed by atoms with Crippen LogP contribution in [0.3, 0.4) is 0 Å². The zero-order valence-electron chi connectivity index (χ0n) is 16.0. The Kier molecular flexibility index (Phi) is 5.14. The first kappa shape index (κ1) is 19.9. The summed E-state index contributed by atoms with van der Waals surface area (Å²) in [7, 11) is -2.22. The van der Waals surface area contributed by atoms with Gasteiger partial charge in [-0.05, 0) is 43.3 Å². The van der Waals surface area contributed by atoms with Crippen molar-refractivity contribution in [1.82, 2.24) is 14.4 Å². The zero-order valence-corrected chi connectivity index (χ0v) is 17.6. The second-order valence-electron chi connectivity index (χ2n) is 6.24. The second kappa shape index (κ2) is 7.76. The van der Waals surface area contributed by atoms with E-state index in [2.05, 4.69) is 20.0 Å². The summed E-state index contributed by atoms with van der Waals surface area (Å²) < 4.78 is 34.2. The highest BCUT2D eigenvalue weighted by Gasteiger charge is 2.20. The van der Waals surface area contributed by atoms with E-state index in [9.17, 15) is 13.2 Å². The van der Waals surface area contributed by atoms with Gasteiger partial charge >= 0.3 is 0 Å². The number of hydrogen-bond acceptors (Lipinski definition) is 7. The fraction of sp³-hybridized carbons (Fsp3) is 0.105. The van der Waals surface area contributed by atoms with Crippen LogP contribution < -0.4 is 14.8 Å². The summed E-state index contributed by atoms with van der Waals surface area (Å²) in [5.74, 6) is 0.187. The van der Waals surface area contributed by atoms with Gasteiger partial charge in [-0.25, -0.2) is 18.4 Å². The second-order valence-corrected chi connectivity index (χ2v) is 8.81. The lowest BCUT2D eigenvalue weighted by Crippen LogP contribution is -2.16. The Morgan fingerprint density at radius 2 is 1.97 bits per heavy atom. The minimum absolute atomic E-state index is 0.0615. The van der Waals surface area contributed by atoms with Crippen molar-refractivity contribution in [3.8, 4) is 5.75 Å². The van der Waals surface area contributed by atoms with Crippen molar-refractivity contribution in [2.75, 3.05) is 17.1 Å². The molecular formula is C19H17N5O4S2. The first-order chi connectivity index (χ1) is 14.4. The zero-order chi connectivity index (χ0) is 21.3. The van der Waals surface area contributed by atoms with Crippen LogP contribution in [0, 0.1) is 6.92 Å². The molecule has 9 nitrogen and oxygen atoms in total. The van der Waals surface area contributed by atoms with Crippen LogP contribution >= 0.6 is 11.3 Å². The number of anilines is 2. The van der Waals surface area contributed by atoms with Gasteiger partial charge in [0.1, 0.15) is 5.69 Å². The molecule has 0 radical (unpaired) electrons. The molecule has 0 aliphatic carbocycles. The third-order valence-corrected chi connectivity index (χ3v) is 6.47. The smallest absolute Gasteiger partial charge is 0.274 e. The van der Waals surface area contributed by atoms with Crippen LogP contribution in [0.5, 0.6) is 5.75 Å². The molecule has 0 spiro atoms. The molecule has 3 heterocycles. The van der Waals surface area contributed by atoms with Crippen molar-refractivity contribution in [2.24, 2.45) is 0 Å². The molecule has 0 saturated carbocycles. The third kappa shape index (κ3) is 3.72. The maximum Gasteiger partial charge on any atom is 0.274 e. The molecule has 0 atom stereocenters. The number of ether oxygens (including phenoxy) is 1. The Bertz CT molecular complexity index is 1310. The Labute approximate surface area is 176 Å². The number of carbonyl (C=O) groups excluding carboxylic acids is 1. The lowest BCUT2D eigenvalue weighted by Gasteiger charge is -2.09. The number of methoxy groups -OCH3 is 1. The molecule has 0 saturated heterocycles. The van der Waals surface area contributed by atoms with E-state index in [0.29, 0.717) is 28.5 Å². The van der Waals surface area contributed by atoms with Crippen molar-refractivity contribution in [1.29, 1.82) is 0 Å². The number of pyridine rings is 1. The van der Waals surface area contributed by atoms with E-state index in [1.807, 2.05) is 0 Å². The molecule has 11 heteroatoms. The number of benzene rings is 1. The maximum atomic E-state index is 12.9. The van der Waals surface area contributed by atoms with Gasteiger partial charge in [-0.1, -0.05) is 0 Å². The number of thiazole rings is 1. The summed E-state index contributed by atoms with van der Waals surface area (Å²) in [5, 5.41) is 4.73. The topological polar surface area (TPSA) is 115 Å². The van der Waals surface area contributed by atoms with E-state index in [1.165, 1.54) is 48.9 Å². The minimum atomic E-state index is -3.76. The molecule has 0 unspecified atom stereocenters.